The van der Waals surface area contributed by atoms with E-state index in [0.29, 0.717) is 42.9 Å². The van der Waals surface area contributed by atoms with Crippen LogP contribution < -0.4 is 5.32 Å². The molecule has 0 unspecified atom stereocenters. The average Bonchev–Trinajstić information content (AvgIpc) is 3.18. The zero-order chi connectivity index (χ0) is 19.0. The fraction of sp³-hybridized carbons (Fsp3) is 0.722. The molecule has 1 atom stereocenters. The lowest BCUT2D eigenvalue weighted by Crippen LogP contribution is -2.51. The van der Waals surface area contributed by atoms with Crippen molar-refractivity contribution >= 4 is 27.3 Å². The summed E-state index contributed by atoms with van der Waals surface area (Å²) in [7, 11) is -3.38. The molecule has 2 heterocycles. The SMILES string of the molecule is CCCC[C@H](CC)CNC(=O)CN1CCN(S(=O)(=O)c2cccs2)CC1. The Morgan fingerprint density at radius 1 is 1.27 bits per heavy atom. The normalized spacial score (nSPS) is 17.9. The van der Waals surface area contributed by atoms with Crippen LogP contribution >= 0.6 is 11.3 Å². The minimum absolute atomic E-state index is 0.0366. The van der Waals surface area contributed by atoms with Gasteiger partial charge in [-0.05, 0) is 23.8 Å². The van der Waals surface area contributed by atoms with Gasteiger partial charge in [-0.3, -0.25) is 9.69 Å². The predicted octanol–water partition coefficient (Wildman–Crippen LogP) is 2.39. The van der Waals surface area contributed by atoms with Crippen molar-refractivity contribution in [3.8, 4) is 0 Å². The van der Waals surface area contributed by atoms with Crippen LogP contribution in [0.3, 0.4) is 0 Å². The molecule has 1 aliphatic rings. The van der Waals surface area contributed by atoms with Crippen molar-refractivity contribution < 1.29 is 13.2 Å². The first-order valence-electron chi connectivity index (χ1n) is 9.50. The van der Waals surface area contributed by atoms with E-state index in [1.807, 2.05) is 4.90 Å². The lowest BCUT2D eigenvalue weighted by Gasteiger charge is -2.33. The van der Waals surface area contributed by atoms with Gasteiger partial charge >= 0.3 is 0 Å². The lowest BCUT2D eigenvalue weighted by atomic mass is 9.99. The maximum Gasteiger partial charge on any atom is 0.252 e. The van der Waals surface area contributed by atoms with Crippen LogP contribution in [0.5, 0.6) is 0 Å². The van der Waals surface area contributed by atoms with Gasteiger partial charge in [0.1, 0.15) is 4.21 Å². The molecule has 0 bridgehead atoms. The molecule has 2 rings (SSSR count). The molecule has 0 saturated carbocycles. The van der Waals surface area contributed by atoms with Crippen LogP contribution in [0.4, 0.5) is 0 Å². The molecule has 0 spiro atoms. The van der Waals surface area contributed by atoms with Gasteiger partial charge in [-0.15, -0.1) is 11.3 Å². The molecule has 1 aliphatic heterocycles. The van der Waals surface area contributed by atoms with Gasteiger partial charge in [0, 0.05) is 32.7 Å². The summed E-state index contributed by atoms with van der Waals surface area (Å²) in [5, 5.41) is 4.82. The highest BCUT2D eigenvalue weighted by molar-refractivity contribution is 7.91. The van der Waals surface area contributed by atoms with Crippen LogP contribution in [0.25, 0.3) is 0 Å². The molecular weight excluding hydrogens is 370 g/mol. The van der Waals surface area contributed by atoms with E-state index >= 15 is 0 Å². The summed E-state index contributed by atoms with van der Waals surface area (Å²) < 4.78 is 26.9. The molecule has 0 aromatic carbocycles. The predicted molar refractivity (Wildman–Crippen MR) is 106 cm³/mol. The summed E-state index contributed by atoms with van der Waals surface area (Å²) in [6.07, 6.45) is 4.63. The summed E-state index contributed by atoms with van der Waals surface area (Å²) >= 11 is 1.24. The minimum Gasteiger partial charge on any atom is -0.355 e. The van der Waals surface area contributed by atoms with Gasteiger partial charge in [-0.2, -0.15) is 4.31 Å². The number of nitrogens with zero attached hydrogens (tertiary/aromatic N) is 2. The summed E-state index contributed by atoms with van der Waals surface area (Å²) in [5.41, 5.74) is 0. The molecule has 1 fully saturated rings. The Bertz CT molecular complexity index is 639. The number of piperazine rings is 1. The molecule has 1 aromatic rings. The van der Waals surface area contributed by atoms with Gasteiger partial charge in [0.15, 0.2) is 0 Å². The van der Waals surface area contributed by atoms with Crippen LogP contribution in [-0.2, 0) is 14.8 Å². The fourth-order valence-corrected chi connectivity index (χ4v) is 5.69. The number of hydrogen-bond acceptors (Lipinski definition) is 5. The van der Waals surface area contributed by atoms with Crippen LogP contribution in [0.1, 0.15) is 39.5 Å². The second-order valence-corrected chi connectivity index (χ2v) is 9.95. The molecular formula is C18H31N3O3S2. The molecule has 0 aliphatic carbocycles. The van der Waals surface area contributed by atoms with Crippen molar-refractivity contribution in [1.29, 1.82) is 0 Å². The zero-order valence-corrected chi connectivity index (χ0v) is 17.4. The second-order valence-electron chi connectivity index (χ2n) is 6.83. The highest BCUT2D eigenvalue weighted by atomic mass is 32.2. The first-order valence-corrected chi connectivity index (χ1v) is 11.8. The molecule has 0 radical (unpaired) electrons. The third kappa shape index (κ3) is 6.04. The fourth-order valence-electron chi connectivity index (χ4n) is 3.13. The van der Waals surface area contributed by atoms with Crippen LogP contribution in [0.2, 0.25) is 0 Å². The van der Waals surface area contributed by atoms with E-state index in [2.05, 4.69) is 19.2 Å². The Morgan fingerprint density at radius 2 is 2.00 bits per heavy atom. The minimum atomic E-state index is -3.38. The summed E-state index contributed by atoms with van der Waals surface area (Å²) in [6.45, 7) is 7.47. The molecule has 26 heavy (non-hydrogen) atoms. The molecule has 1 amide bonds. The topological polar surface area (TPSA) is 69.7 Å². The van der Waals surface area contributed by atoms with Crippen molar-refractivity contribution in [1.82, 2.24) is 14.5 Å². The van der Waals surface area contributed by atoms with Crippen molar-refractivity contribution in [3.05, 3.63) is 17.5 Å². The number of unbranched alkanes of at least 4 members (excludes halogenated alkanes) is 1. The van der Waals surface area contributed by atoms with Crippen molar-refractivity contribution in [2.75, 3.05) is 39.3 Å². The third-order valence-electron chi connectivity index (χ3n) is 4.92. The van der Waals surface area contributed by atoms with Gasteiger partial charge in [-0.1, -0.05) is 39.2 Å². The van der Waals surface area contributed by atoms with Gasteiger partial charge in [0.2, 0.25) is 5.91 Å². The Kier molecular flexibility index (Phi) is 8.53. The Labute approximate surface area is 161 Å². The van der Waals surface area contributed by atoms with Crippen molar-refractivity contribution in [2.24, 2.45) is 5.92 Å². The molecule has 1 N–H and O–H groups in total. The zero-order valence-electron chi connectivity index (χ0n) is 15.8. The molecule has 6 nitrogen and oxygen atoms in total. The second kappa shape index (κ2) is 10.4. The maximum atomic E-state index is 12.5. The van der Waals surface area contributed by atoms with E-state index in [-0.39, 0.29) is 5.91 Å². The van der Waals surface area contributed by atoms with Crippen LogP contribution in [0, 0.1) is 5.92 Å². The largest absolute Gasteiger partial charge is 0.355 e. The third-order valence-corrected chi connectivity index (χ3v) is 8.19. The molecule has 148 valence electrons. The number of hydrogen-bond donors (Lipinski definition) is 1. The molecule has 1 aromatic heterocycles. The number of rotatable bonds is 10. The highest BCUT2D eigenvalue weighted by Crippen LogP contribution is 2.21. The van der Waals surface area contributed by atoms with Gasteiger partial charge < -0.3 is 5.32 Å². The Morgan fingerprint density at radius 3 is 2.58 bits per heavy atom. The number of amides is 1. The standard InChI is InChI=1S/C18H31N3O3S2/c1-3-5-7-16(4-2)14-19-17(22)15-20-9-11-21(12-10-20)26(23,24)18-8-6-13-25-18/h6,8,13,16H,3-5,7,9-12,14-15H2,1-2H3,(H,19,22)/t16-/m0/s1. The van der Waals surface area contributed by atoms with Gasteiger partial charge in [0.05, 0.1) is 6.54 Å². The smallest absolute Gasteiger partial charge is 0.252 e. The molecule has 8 heteroatoms. The number of carbonyl (C=O) groups excluding carboxylic acids is 1. The maximum absolute atomic E-state index is 12.5. The van der Waals surface area contributed by atoms with E-state index in [9.17, 15) is 13.2 Å². The van der Waals surface area contributed by atoms with Crippen molar-refractivity contribution in [2.45, 2.75) is 43.7 Å². The average molecular weight is 402 g/mol. The summed E-state index contributed by atoms with van der Waals surface area (Å²) in [6, 6.07) is 3.39. The monoisotopic (exact) mass is 401 g/mol. The van der Waals surface area contributed by atoms with Crippen LogP contribution in [-0.4, -0.2) is 62.8 Å². The first-order chi connectivity index (χ1) is 12.5. The first kappa shape index (κ1) is 21.3. The number of thiophene rings is 1. The van der Waals surface area contributed by atoms with Gasteiger partial charge in [0.25, 0.3) is 10.0 Å². The molecule has 1 saturated heterocycles. The van der Waals surface area contributed by atoms with E-state index in [1.54, 1.807) is 17.5 Å². The Hall–Kier alpha value is -0.960. The summed E-state index contributed by atoms with van der Waals surface area (Å²) in [5.74, 6) is 0.584. The van der Waals surface area contributed by atoms with E-state index in [4.69, 9.17) is 0 Å². The van der Waals surface area contributed by atoms with Gasteiger partial charge in [-0.25, -0.2) is 8.42 Å². The van der Waals surface area contributed by atoms with E-state index in [1.165, 1.54) is 28.5 Å². The summed E-state index contributed by atoms with van der Waals surface area (Å²) in [4.78, 5) is 14.2. The highest BCUT2D eigenvalue weighted by Gasteiger charge is 2.29. The number of nitrogens with one attached hydrogen (secondary N) is 1. The lowest BCUT2D eigenvalue weighted by molar-refractivity contribution is -0.122. The van der Waals surface area contributed by atoms with Crippen LogP contribution in [0.15, 0.2) is 21.7 Å². The quantitative estimate of drug-likeness (QED) is 0.654. The number of sulfonamides is 1. The number of carbonyl (C=O) groups is 1. The van der Waals surface area contributed by atoms with E-state index < -0.39 is 10.0 Å². The van der Waals surface area contributed by atoms with E-state index in [0.717, 1.165) is 19.4 Å². The Balaban J connectivity index is 1.73. The van der Waals surface area contributed by atoms with Crippen molar-refractivity contribution in [3.63, 3.8) is 0 Å².